The Labute approximate surface area is 158 Å². The summed E-state index contributed by atoms with van der Waals surface area (Å²) in [7, 11) is 0. The number of carbonyl (C=O) groups excluding carboxylic acids is 2. The molecule has 2 aromatic rings. The standard InChI is InChI=1S/C23H22O4/c1-4-13-7-10-16-17(11-13)23(27-19(25)6-3)21-15-9-8-14(12-15)20(21)22(16)26-18(24)5-2/h5-7,10-11,14-15H,2-4,8-9,12H2,1H3. The average Bonchev–Trinajstić information content (AvgIpc) is 3.31. The predicted octanol–water partition coefficient (Wildman–Crippen LogP) is 4.95. The third-order valence-corrected chi connectivity index (χ3v) is 5.75. The average molecular weight is 362 g/mol. The number of hydrogen-bond donors (Lipinski definition) is 0. The molecule has 0 aliphatic heterocycles. The highest BCUT2D eigenvalue weighted by Crippen LogP contribution is 2.61. The van der Waals surface area contributed by atoms with Crippen molar-refractivity contribution in [3.05, 3.63) is 60.2 Å². The molecule has 2 atom stereocenters. The molecular weight excluding hydrogens is 340 g/mol. The summed E-state index contributed by atoms with van der Waals surface area (Å²) in [5.74, 6) is 0.905. The van der Waals surface area contributed by atoms with E-state index in [0.29, 0.717) is 23.3 Å². The van der Waals surface area contributed by atoms with Crippen LogP contribution in [-0.2, 0) is 16.0 Å². The van der Waals surface area contributed by atoms with Crippen molar-refractivity contribution in [3.63, 3.8) is 0 Å². The molecule has 2 aromatic carbocycles. The van der Waals surface area contributed by atoms with Gasteiger partial charge in [-0.2, -0.15) is 0 Å². The van der Waals surface area contributed by atoms with Crippen LogP contribution in [0.25, 0.3) is 10.8 Å². The topological polar surface area (TPSA) is 52.6 Å². The van der Waals surface area contributed by atoms with E-state index < -0.39 is 11.9 Å². The van der Waals surface area contributed by atoms with Crippen LogP contribution in [0.4, 0.5) is 0 Å². The number of rotatable bonds is 5. The van der Waals surface area contributed by atoms with Crippen LogP contribution in [0.5, 0.6) is 11.5 Å². The number of esters is 2. The Kier molecular flexibility index (Phi) is 4.34. The van der Waals surface area contributed by atoms with E-state index in [1.54, 1.807) is 0 Å². The summed E-state index contributed by atoms with van der Waals surface area (Å²) < 4.78 is 11.5. The summed E-state index contributed by atoms with van der Waals surface area (Å²) in [5.41, 5.74) is 3.17. The van der Waals surface area contributed by atoms with Crippen molar-refractivity contribution >= 4 is 22.7 Å². The minimum Gasteiger partial charge on any atom is -0.422 e. The monoisotopic (exact) mass is 362 g/mol. The maximum atomic E-state index is 12.1. The molecule has 0 heterocycles. The number of carbonyl (C=O) groups is 2. The van der Waals surface area contributed by atoms with Crippen molar-refractivity contribution in [1.82, 2.24) is 0 Å². The Balaban J connectivity index is 2.05. The van der Waals surface area contributed by atoms with E-state index in [1.165, 1.54) is 12.2 Å². The van der Waals surface area contributed by atoms with Gasteiger partial charge in [-0.15, -0.1) is 0 Å². The van der Waals surface area contributed by atoms with Gasteiger partial charge in [-0.1, -0.05) is 32.2 Å². The molecule has 0 spiro atoms. The highest BCUT2D eigenvalue weighted by Gasteiger charge is 2.43. The Hall–Kier alpha value is -2.88. The fourth-order valence-electron chi connectivity index (χ4n) is 4.55. The molecule has 0 N–H and O–H groups in total. The Morgan fingerprint density at radius 3 is 2.07 bits per heavy atom. The molecule has 27 heavy (non-hydrogen) atoms. The van der Waals surface area contributed by atoms with Crippen molar-refractivity contribution in [2.75, 3.05) is 0 Å². The van der Waals surface area contributed by atoms with E-state index in [9.17, 15) is 9.59 Å². The molecule has 4 nitrogen and oxygen atoms in total. The van der Waals surface area contributed by atoms with Crippen molar-refractivity contribution in [2.24, 2.45) is 0 Å². The summed E-state index contributed by atoms with van der Waals surface area (Å²) in [5, 5.41) is 1.60. The van der Waals surface area contributed by atoms with Gasteiger partial charge < -0.3 is 9.47 Å². The van der Waals surface area contributed by atoms with Crippen LogP contribution in [0, 0.1) is 0 Å². The van der Waals surface area contributed by atoms with Crippen molar-refractivity contribution in [2.45, 2.75) is 44.4 Å². The van der Waals surface area contributed by atoms with Gasteiger partial charge in [0, 0.05) is 34.1 Å². The molecule has 138 valence electrons. The Morgan fingerprint density at radius 1 is 1.00 bits per heavy atom. The van der Waals surface area contributed by atoms with Gasteiger partial charge in [0.05, 0.1) is 0 Å². The summed E-state index contributed by atoms with van der Waals surface area (Å²) in [6, 6.07) is 6.00. The summed E-state index contributed by atoms with van der Waals surface area (Å²) in [6.45, 7) is 9.12. The van der Waals surface area contributed by atoms with Gasteiger partial charge in [0.2, 0.25) is 0 Å². The van der Waals surface area contributed by atoms with E-state index in [4.69, 9.17) is 9.47 Å². The van der Waals surface area contributed by atoms with Crippen LogP contribution in [0.3, 0.4) is 0 Å². The normalized spacial score (nSPS) is 19.6. The third-order valence-electron chi connectivity index (χ3n) is 5.75. The molecule has 0 amide bonds. The molecule has 4 rings (SSSR count). The summed E-state index contributed by atoms with van der Waals surface area (Å²) >= 11 is 0. The molecule has 2 unspecified atom stereocenters. The lowest BCUT2D eigenvalue weighted by Crippen LogP contribution is -2.12. The number of fused-ring (bicyclic) bond motifs is 6. The minimum absolute atomic E-state index is 0.327. The molecule has 2 aliphatic carbocycles. The van der Waals surface area contributed by atoms with E-state index in [0.717, 1.165) is 53.1 Å². The minimum atomic E-state index is -0.475. The van der Waals surface area contributed by atoms with Crippen molar-refractivity contribution in [3.8, 4) is 11.5 Å². The fraction of sp³-hybridized carbons (Fsp3) is 0.304. The van der Waals surface area contributed by atoms with Crippen molar-refractivity contribution in [1.29, 1.82) is 0 Å². The largest absolute Gasteiger partial charge is 0.422 e. The lowest BCUT2D eigenvalue weighted by molar-refractivity contribution is -0.130. The SMILES string of the molecule is C=CC(=O)Oc1c2c(c(OC(=O)C=C)c3cc(CC)ccc13)C1CCC2C1. The maximum absolute atomic E-state index is 12.1. The van der Waals surface area contributed by atoms with Crippen LogP contribution in [-0.4, -0.2) is 11.9 Å². The molecule has 0 saturated heterocycles. The molecule has 0 radical (unpaired) electrons. The number of ether oxygens (including phenoxy) is 2. The van der Waals surface area contributed by atoms with E-state index in [2.05, 4.69) is 20.1 Å². The van der Waals surface area contributed by atoms with Crippen LogP contribution in [0.1, 0.15) is 54.7 Å². The lowest BCUT2D eigenvalue weighted by Gasteiger charge is -2.24. The zero-order chi connectivity index (χ0) is 19.1. The van der Waals surface area contributed by atoms with Gasteiger partial charge >= 0.3 is 11.9 Å². The van der Waals surface area contributed by atoms with E-state index in [-0.39, 0.29) is 0 Å². The zero-order valence-corrected chi connectivity index (χ0v) is 15.4. The second-order valence-electron chi connectivity index (χ2n) is 7.18. The number of hydrogen-bond acceptors (Lipinski definition) is 4. The first kappa shape index (κ1) is 17.5. The first-order chi connectivity index (χ1) is 13.1. The molecule has 1 fully saturated rings. The van der Waals surface area contributed by atoms with E-state index in [1.807, 2.05) is 18.2 Å². The smallest absolute Gasteiger partial charge is 0.335 e. The maximum Gasteiger partial charge on any atom is 0.335 e. The molecule has 0 aromatic heterocycles. The van der Waals surface area contributed by atoms with Crippen LogP contribution in [0.2, 0.25) is 0 Å². The summed E-state index contributed by atoms with van der Waals surface area (Å²) in [4.78, 5) is 24.1. The number of benzene rings is 2. The first-order valence-electron chi connectivity index (χ1n) is 9.38. The third kappa shape index (κ3) is 2.76. The van der Waals surface area contributed by atoms with Crippen LogP contribution >= 0.6 is 0 Å². The van der Waals surface area contributed by atoms with Crippen LogP contribution < -0.4 is 9.47 Å². The van der Waals surface area contributed by atoms with Gasteiger partial charge in [0.1, 0.15) is 11.5 Å². The summed E-state index contributed by atoms with van der Waals surface area (Å²) in [6.07, 6.45) is 6.34. The number of aryl methyl sites for hydroxylation is 1. The highest BCUT2D eigenvalue weighted by atomic mass is 16.5. The zero-order valence-electron chi connectivity index (χ0n) is 15.4. The van der Waals surface area contributed by atoms with Gasteiger partial charge in [-0.05, 0) is 49.1 Å². The highest BCUT2D eigenvalue weighted by molar-refractivity contribution is 6.01. The van der Waals surface area contributed by atoms with Gasteiger partial charge in [-0.25, -0.2) is 9.59 Å². The van der Waals surface area contributed by atoms with Gasteiger partial charge in [0.15, 0.2) is 0 Å². The second kappa shape index (κ2) is 6.69. The van der Waals surface area contributed by atoms with Crippen LogP contribution in [0.15, 0.2) is 43.5 Å². The van der Waals surface area contributed by atoms with Gasteiger partial charge in [0.25, 0.3) is 0 Å². The van der Waals surface area contributed by atoms with E-state index >= 15 is 0 Å². The first-order valence-corrected chi connectivity index (χ1v) is 9.38. The van der Waals surface area contributed by atoms with Crippen molar-refractivity contribution < 1.29 is 19.1 Å². The molecule has 2 aliphatic rings. The fourth-order valence-corrected chi connectivity index (χ4v) is 4.55. The Morgan fingerprint density at radius 2 is 1.56 bits per heavy atom. The quantitative estimate of drug-likeness (QED) is 0.429. The molecule has 2 bridgehead atoms. The molecule has 1 saturated carbocycles. The Bertz CT molecular complexity index is 986. The molecular formula is C23H22O4. The van der Waals surface area contributed by atoms with Gasteiger partial charge in [-0.3, -0.25) is 0 Å². The second-order valence-corrected chi connectivity index (χ2v) is 7.18. The molecule has 4 heteroatoms. The predicted molar refractivity (Wildman–Crippen MR) is 104 cm³/mol. The lowest BCUT2D eigenvalue weighted by atomic mass is 9.86.